The Morgan fingerprint density at radius 1 is 1.12 bits per heavy atom. The van der Waals surface area contributed by atoms with Crippen LogP contribution in [0.4, 0.5) is 0 Å². The summed E-state index contributed by atoms with van der Waals surface area (Å²) in [6.45, 7) is 11.1. The van der Waals surface area contributed by atoms with Crippen LogP contribution in [0.25, 0.3) is 0 Å². The van der Waals surface area contributed by atoms with Crippen LogP contribution >= 0.6 is 7.92 Å². The average molecular weight is 283 g/mol. The Morgan fingerprint density at radius 3 is 1.94 bits per heavy atom. The minimum atomic E-state index is 0. The molecule has 17 heavy (non-hydrogen) atoms. The molecule has 2 heteroatoms. The van der Waals surface area contributed by atoms with Crippen molar-refractivity contribution in [3.63, 3.8) is 0 Å². The van der Waals surface area contributed by atoms with E-state index in [1.165, 1.54) is 17.3 Å². The molecule has 0 fully saturated rings. The molecule has 0 atom stereocenters. The van der Waals surface area contributed by atoms with Gasteiger partial charge in [0.25, 0.3) is 0 Å². The van der Waals surface area contributed by atoms with Gasteiger partial charge in [-0.15, -0.1) is 7.92 Å². The van der Waals surface area contributed by atoms with Gasteiger partial charge in [0.1, 0.15) is 0 Å². The fourth-order valence-corrected chi connectivity index (χ4v) is 1.81. The Hall–Kier alpha value is -0.0257. The quantitative estimate of drug-likeness (QED) is 0.315. The van der Waals surface area contributed by atoms with Crippen molar-refractivity contribution >= 4 is 7.92 Å². The zero-order valence-corrected chi connectivity index (χ0v) is 14.2. The second-order valence-corrected chi connectivity index (χ2v) is 6.92. The van der Waals surface area contributed by atoms with Gasteiger partial charge < -0.3 is 0 Å². The van der Waals surface area contributed by atoms with E-state index in [4.69, 9.17) is 0 Å². The van der Waals surface area contributed by atoms with Crippen molar-refractivity contribution in [2.75, 3.05) is 19.5 Å². The van der Waals surface area contributed by atoms with Crippen LogP contribution in [-0.2, 0) is 21.7 Å². The molecule has 0 unspecified atom stereocenters. The van der Waals surface area contributed by atoms with Crippen molar-refractivity contribution in [2.24, 2.45) is 0 Å². The predicted molar refractivity (Wildman–Crippen MR) is 78.9 cm³/mol. The van der Waals surface area contributed by atoms with Crippen LogP contribution < -0.4 is 0 Å². The summed E-state index contributed by atoms with van der Waals surface area (Å²) in [5.74, 6) is 0. The van der Waals surface area contributed by atoms with E-state index in [2.05, 4.69) is 46.3 Å². The number of allylic oxidation sites excluding steroid dienone is 4. The van der Waals surface area contributed by atoms with Crippen molar-refractivity contribution in [1.82, 2.24) is 0 Å². The maximum atomic E-state index is 2.33. The first-order valence-electron chi connectivity index (χ1n) is 5.65. The number of hydrogen-bond donors (Lipinski definition) is 0. The largest absolute Gasteiger partial charge is 0.214 e. The van der Waals surface area contributed by atoms with Crippen LogP contribution in [0.5, 0.6) is 0 Å². The maximum Gasteiger partial charge on any atom is 0 e. The number of hydrogen-bond acceptors (Lipinski definition) is 0. The Morgan fingerprint density at radius 2 is 1.65 bits per heavy atom. The molecule has 0 spiro atoms. The van der Waals surface area contributed by atoms with E-state index in [0.29, 0.717) is 0 Å². The molecule has 0 amide bonds. The second kappa shape index (κ2) is 12.4. The normalized spacial score (nSPS) is 10.1. The molecule has 0 saturated carbocycles. The molecule has 0 radical (unpaired) electrons. The van der Waals surface area contributed by atoms with E-state index in [1.807, 2.05) is 30.3 Å². The smallest absolute Gasteiger partial charge is 0 e. The van der Waals surface area contributed by atoms with Crippen LogP contribution in [0.1, 0.15) is 20.8 Å². The zero-order valence-electron chi connectivity index (χ0n) is 11.7. The topological polar surface area (TPSA) is 0 Å². The first-order chi connectivity index (χ1) is 7.52. The van der Waals surface area contributed by atoms with Crippen molar-refractivity contribution < 1.29 is 21.7 Å². The molecule has 1 aromatic rings. The van der Waals surface area contributed by atoms with Gasteiger partial charge in [0, 0.05) is 21.7 Å². The molecule has 0 bridgehead atoms. The number of rotatable bonds is 3. The summed E-state index contributed by atoms with van der Waals surface area (Å²) in [4.78, 5) is 0. The predicted octanol–water partition coefficient (Wildman–Crippen LogP) is 5.04. The standard InChI is InChI=1S/C10H19P.C5H5.Ti/c1-9(2)8-10(3)6-7-11(4)5;1-2-4-5-3-1;/h6,8H,7H2,1-5H3;1-5H;/q;-1;. The molecule has 1 rings (SSSR count). The molecule has 0 aromatic heterocycles. The van der Waals surface area contributed by atoms with E-state index in [-0.39, 0.29) is 29.6 Å². The van der Waals surface area contributed by atoms with Gasteiger partial charge in [-0.25, -0.2) is 12.1 Å². The van der Waals surface area contributed by atoms with Gasteiger partial charge in [0.15, 0.2) is 0 Å². The third-order valence-electron chi connectivity index (χ3n) is 1.85. The molecule has 94 valence electrons. The third-order valence-corrected chi connectivity index (χ3v) is 2.76. The van der Waals surface area contributed by atoms with Gasteiger partial charge in [-0.2, -0.15) is 18.2 Å². The van der Waals surface area contributed by atoms with Gasteiger partial charge in [-0.05, 0) is 40.3 Å². The van der Waals surface area contributed by atoms with Crippen LogP contribution in [0, 0.1) is 0 Å². The summed E-state index contributed by atoms with van der Waals surface area (Å²) in [6, 6.07) is 10.0. The monoisotopic (exact) mass is 283 g/mol. The van der Waals surface area contributed by atoms with E-state index >= 15 is 0 Å². The van der Waals surface area contributed by atoms with Crippen LogP contribution in [0.2, 0.25) is 0 Å². The van der Waals surface area contributed by atoms with Crippen LogP contribution in [-0.4, -0.2) is 19.5 Å². The van der Waals surface area contributed by atoms with Gasteiger partial charge in [0.2, 0.25) is 0 Å². The second-order valence-electron chi connectivity index (χ2n) is 4.39. The summed E-state index contributed by atoms with van der Waals surface area (Å²) >= 11 is 0. The Kier molecular flexibility index (Phi) is 14.1. The molecule has 0 N–H and O–H groups in total. The van der Waals surface area contributed by atoms with Crippen molar-refractivity contribution in [3.05, 3.63) is 53.6 Å². The van der Waals surface area contributed by atoms with E-state index in [0.717, 1.165) is 0 Å². The van der Waals surface area contributed by atoms with Crippen molar-refractivity contribution in [3.8, 4) is 0 Å². The molecule has 0 aliphatic heterocycles. The van der Waals surface area contributed by atoms with Crippen molar-refractivity contribution in [2.45, 2.75) is 20.8 Å². The first kappa shape index (κ1) is 19.3. The van der Waals surface area contributed by atoms with E-state index in [9.17, 15) is 0 Å². The van der Waals surface area contributed by atoms with E-state index in [1.54, 1.807) is 0 Å². The van der Waals surface area contributed by atoms with Gasteiger partial charge >= 0.3 is 0 Å². The van der Waals surface area contributed by atoms with Gasteiger partial charge in [-0.3, -0.25) is 0 Å². The molecule has 0 heterocycles. The molecular formula is C15H24PTi-. The summed E-state index contributed by atoms with van der Waals surface area (Å²) in [5, 5.41) is 0. The Labute approximate surface area is 123 Å². The zero-order chi connectivity index (χ0) is 12.4. The molecule has 0 aliphatic carbocycles. The molecule has 1 aromatic carbocycles. The third kappa shape index (κ3) is 16.0. The van der Waals surface area contributed by atoms with Gasteiger partial charge in [-0.1, -0.05) is 23.3 Å². The summed E-state index contributed by atoms with van der Waals surface area (Å²) in [6.07, 6.45) is 5.82. The summed E-state index contributed by atoms with van der Waals surface area (Å²) < 4.78 is 0. The Balaban J connectivity index is 0. The van der Waals surface area contributed by atoms with Crippen molar-refractivity contribution in [1.29, 1.82) is 0 Å². The molecule has 0 nitrogen and oxygen atoms in total. The molecular weight excluding hydrogens is 259 g/mol. The summed E-state index contributed by atoms with van der Waals surface area (Å²) in [5.41, 5.74) is 2.79. The fourth-order valence-electron chi connectivity index (χ4n) is 1.16. The molecule has 0 saturated heterocycles. The fraction of sp³-hybridized carbons (Fsp3) is 0.400. The average Bonchev–Trinajstić information content (AvgIpc) is 2.71. The minimum Gasteiger partial charge on any atom is -0.214 e. The molecule has 0 aliphatic rings. The SMILES string of the molecule is CC(C)=CC(C)=CCP(C)C.[Ti].c1cc[cH-]c1. The van der Waals surface area contributed by atoms with E-state index < -0.39 is 0 Å². The van der Waals surface area contributed by atoms with Crippen LogP contribution in [0.3, 0.4) is 0 Å². The Bertz CT molecular complexity index is 286. The minimum absolute atomic E-state index is 0. The first-order valence-corrected chi connectivity index (χ1v) is 8.07. The van der Waals surface area contributed by atoms with Gasteiger partial charge in [0.05, 0.1) is 0 Å². The van der Waals surface area contributed by atoms with Crippen LogP contribution in [0.15, 0.2) is 53.6 Å². The maximum absolute atomic E-state index is 2.33. The summed E-state index contributed by atoms with van der Waals surface area (Å²) in [7, 11) is 0.236.